The van der Waals surface area contributed by atoms with Gasteiger partial charge in [-0.2, -0.15) is 0 Å². The molecule has 0 heterocycles. The largest absolute Gasteiger partial charge is 0.481 e. The number of carbonyl (C=O) groups excluding carboxylic acids is 2. The van der Waals surface area contributed by atoms with Crippen LogP contribution in [0.15, 0.2) is 18.2 Å². The first kappa shape index (κ1) is 13.6. The summed E-state index contributed by atoms with van der Waals surface area (Å²) in [7, 11) is 3.40. The fraction of sp³-hybridized carbons (Fsp3) is 0.467. The zero-order valence-electron chi connectivity index (χ0n) is 11.6. The Bertz CT molecular complexity index is 508. The zero-order valence-corrected chi connectivity index (χ0v) is 11.6. The number of ketones is 1. The molecule has 4 heteroatoms. The molecule has 4 nitrogen and oxygen atoms in total. The van der Waals surface area contributed by atoms with Gasteiger partial charge in [0.15, 0.2) is 11.9 Å². The molecule has 0 aliphatic heterocycles. The Morgan fingerprint density at radius 3 is 2.74 bits per heavy atom. The van der Waals surface area contributed by atoms with Crippen LogP contribution in [0.2, 0.25) is 0 Å². The van der Waals surface area contributed by atoms with Gasteiger partial charge in [0.1, 0.15) is 5.75 Å². The Morgan fingerprint density at radius 1 is 1.32 bits per heavy atom. The van der Waals surface area contributed by atoms with Crippen LogP contribution >= 0.6 is 0 Å². The second-order valence-electron chi connectivity index (χ2n) is 5.05. The second kappa shape index (κ2) is 5.43. The summed E-state index contributed by atoms with van der Waals surface area (Å²) in [6.07, 6.45) is 1.74. The summed E-state index contributed by atoms with van der Waals surface area (Å²) in [6.45, 7) is 1.73. The third kappa shape index (κ3) is 2.78. The average molecular weight is 261 g/mol. The van der Waals surface area contributed by atoms with Crippen molar-refractivity contribution in [3.8, 4) is 5.75 Å². The maximum Gasteiger partial charge on any atom is 0.262 e. The molecule has 0 spiro atoms. The van der Waals surface area contributed by atoms with Crippen molar-refractivity contribution in [3.63, 3.8) is 0 Å². The number of Topliss-reactive ketones (excluding diaryl/α,β-unsaturated/α-hetero) is 1. The molecule has 1 aromatic carbocycles. The van der Waals surface area contributed by atoms with Crippen molar-refractivity contribution in [1.29, 1.82) is 0 Å². The molecule has 0 radical (unpaired) electrons. The van der Waals surface area contributed by atoms with Crippen LogP contribution < -0.4 is 4.74 Å². The smallest absolute Gasteiger partial charge is 0.262 e. The van der Waals surface area contributed by atoms with Crippen molar-refractivity contribution in [2.75, 3.05) is 14.1 Å². The predicted octanol–water partition coefficient (Wildman–Crippen LogP) is 2.06. The lowest BCUT2D eigenvalue weighted by atomic mass is 9.90. The van der Waals surface area contributed by atoms with Crippen LogP contribution in [0.25, 0.3) is 0 Å². The van der Waals surface area contributed by atoms with Gasteiger partial charge in [-0.05, 0) is 25.8 Å². The summed E-state index contributed by atoms with van der Waals surface area (Å²) < 4.78 is 5.74. The van der Waals surface area contributed by atoms with E-state index in [4.69, 9.17) is 4.74 Å². The number of amides is 1. The van der Waals surface area contributed by atoms with E-state index in [1.807, 2.05) is 18.2 Å². The lowest BCUT2D eigenvalue weighted by Gasteiger charge is -2.22. The van der Waals surface area contributed by atoms with Gasteiger partial charge in [0.05, 0.1) is 0 Å². The normalized spacial score (nSPS) is 15.6. The summed E-state index contributed by atoms with van der Waals surface area (Å²) in [6, 6.07) is 5.48. The first-order valence-electron chi connectivity index (χ1n) is 6.53. The van der Waals surface area contributed by atoms with E-state index in [0.29, 0.717) is 12.2 Å². The van der Waals surface area contributed by atoms with Crippen molar-refractivity contribution in [2.45, 2.75) is 32.3 Å². The highest BCUT2D eigenvalue weighted by Crippen LogP contribution is 2.30. The molecule has 1 aliphatic rings. The van der Waals surface area contributed by atoms with E-state index in [1.165, 1.54) is 4.90 Å². The van der Waals surface area contributed by atoms with Gasteiger partial charge in [-0.25, -0.2) is 0 Å². The fourth-order valence-electron chi connectivity index (χ4n) is 2.36. The van der Waals surface area contributed by atoms with Gasteiger partial charge < -0.3 is 9.64 Å². The molecule has 2 rings (SSSR count). The Kier molecular flexibility index (Phi) is 3.88. The number of likely N-dealkylation sites (N-methyl/N-ethyl adjacent to an activating group) is 1. The molecule has 0 saturated heterocycles. The Morgan fingerprint density at radius 2 is 2.05 bits per heavy atom. The van der Waals surface area contributed by atoms with E-state index < -0.39 is 6.10 Å². The highest BCUT2D eigenvalue weighted by molar-refractivity contribution is 5.99. The monoisotopic (exact) mass is 261 g/mol. The van der Waals surface area contributed by atoms with E-state index in [-0.39, 0.29) is 11.7 Å². The Labute approximate surface area is 113 Å². The molecule has 1 aliphatic carbocycles. The fourth-order valence-corrected chi connectivity index (χ4v) is 2.36. The van der Waals surface area contributed by atoms with Gasteiger partial charge >= 0.3 is 0 Å². The van der Waals surface area contributed by atoms with Gasteiger partial charge in [0, 0.05) is 31.6 Å². The SMILES string of the molecule is CC(Oc1cccc2c1CCCC2=O)C(=O)N(C)C. The lowest BCUT2D eigenvalue weighted by Crippen LogP contribution is -2.35. The van der Waals surface area contributed by atoms with Crippen LogP contribution in [0.4, 0.5) is 0 Å². The molecule has 0 aromatic heterocycles. The summed E-state index contributed by atoms with van der Waals surface area (Å²) in [4.78, 5) is 25.2. The standard InChI is InChI=1S/C15H19NO3/c1-10(15(18)16(2)3)19-14-9-5-6-11-12(14)7-4-8-13(11)17/h5-6,9-10H,4,7-8H2,1-3H3. The molecule has 0 N–H and O–H groups in total. The quantitative estimate of drug-likeness (QED) is 0.836. The molecule has 1 unspecified atom stereocenters. The number of benzene rings is 1. The second-order valence-corrected chi connectivity index (χ2v) is 5.05. The number of hydrogen-bond acceptors (Lipinski definition) is 3. The summed E-state index contributed by atoms with van der Waals surface area (Å²) in [5, 5.41) is 0. The molecule has 0 saturated carbocycles. The van der Waals surface area contributed by atoms with Gasteiger partial charge in [-0.1, -0.05) is 12.1 Å². The maximum atomic E-state index is 11.8. The number of nitrogens with zero attached hydrogens (tertiary/aromatic N) is 1. The first-order chi connectivity index (χ1) is 9.00. The van der Waals surface area contributed by atoms with Crippen LogP contribution in [0.1, 0.15) is 35.7 Å². The molecule has 102 valence electrons. The van der Waals surface area contributed by atoms with Crippen molar-refractivity contribution < 1.29 is 14.3 Å². The van der Waals surface area contributed by atoms with Crippen LogP contribution in [0.3, 0.4) is 0 Å². The minimum Gasteiger partial charge on any atom is -0.481 e. The number of hydrogen-bond donors (Lipinski definition) is 0. The first-order valence-corrected chi connectivity index (χ1v) is 6.53. The Balaban J connectivity index is 2.24. The Hall–Kier alpha value is -1.84. The van der Waals surface area contributed by atoms with Gasteiger partial charge in [0.2, 0.25) is 0 Å². The van der Waals surface area contributed by atoms with Crippen molar-refractivity contribution >= 4 is 11.7 Å². The van der Waals surface area contributed by atoms with E-state index in [0.717, 1.165) is 24.0 Å². The van der Waals surface area contributed by atoms with Crippen LogP contribution in [-0.2, 0) is 11.2 Å². The predicted molar refractivity (Wildman–Crippen MR) is 72.5 cm³/mol. The van der Waals surface area contributed by atoms with E-state index >= 15 is 0 Å². The number of fused-ring (bicyclic) bond motifs is 1. The highest BCUT2D eigenvalue weighted by Gasteiger charge is 2.23. The van der Waals surface area contributed by atoms with Crippen LogP contribution in [0.5, 0.6) is 5.75 Å². The molecule has 0 bridgehead atoms. The molecule has 1 aromatic rings. The summed E-state index contributed by atoms with van der Waals surface area (Å²) >= 11 is 0. The summed E-state index contributed by atoms with van der Waals surface area (Å²) in [5.74, 6) is 0.742. The minimum absolute atomic E-state index is 0.0836. The average Bonchev–Trinajstić information content (AvgIpc) is 2.39. The van der Waals surface area contributed by atoms with Gasteiger partial charge in [-0.3, -0.25) is 9.59 Å². The van der Waals surface area contributed by atoms with Crippen LogP contribution in [-0.4, -0.2) is 36.8 Å². The molecule has 1 atom stereocenters. The molecular formula is C15H19NO3. The lowest BCUT2D eigenvalue weighted by molar-refractivity contribution is -0.135. The molecular weight excluding hydrogens is 242 g/mol. The number of carbonyl (C=O) groups is 2. The number of ether oxygens (including phenoxy) is 1. The maximum absolute atomic E-state index is 11.8. The zero-order chi connectivity index (χ0) is 14.0. The topological polar surface area (TPSA) is 46.6 Å². The van der Waals surface area contributed by atoms with E-state index in [9.17, 15) is 9.59 Å². The molecule has 1 amide bonds. The van der Waals surface area contributed by atoms with Gasteiger partial charge in [0.25, 0.3) is 5.91 Å². The minimum atomic E-state index is -0.543. The third-order valence-corrected chi connectivity index (χ3v) is 3.36. The number of rotatable bonds is 3. The molecule has 0 fully saturated rings. The van der Waals surface area contributed by atoms with E-state index in [2.05, 4.69) is 0 Å². The highest BCUT2D eigenvalue weighted by atomic mass is 16.5. The van der Waals surface area contributed by atoms with Crippen LogP contribution in [0, 0.1) is 0 Å². The van der Waals surface area contributed by atoms with Crippen molar-refractivity contribution in [1.82, 2.24) is 4.90 Å². The van der Waals surface area contributed by atoms with E-state index in [1.54, 1.807) is 21.0 Å². The van der Waals surface area contributed by atoms with Crippen molar-refractivity contribution in [2.24, 2.45) is 0 Å². The summed E-state index contributed by atoms with van der Waals surface area (Å²) in [5.41, 5.74) is 1.69. The molecule has 19 heavy (non-hydrogen) atoms. The third-order valence-electron chi connectivity index (χ3n) is 3.36. The van der Waals surface area contributed by atoms with Crippen molar-refractivity contribution in [3.05, 3.63) is 29.3 Å². The van der Waals surface area contributed by atoms with Gasteiger partial charge in [-0.15, -0.1) is 0 Å².